The maximum atomic E-state index is 13.4. The highest BCUT2D eigenvalue weighted by Crippen LogP contribution is 2.31. The third-order valence-electron chi connectivity index (χ3n) is 3.56. The minimum absolute atomic E-state index is 0.254. The first kappa shape index (κ1) is 17.6. The smallest absolute Gasteiger partial charge is 0.258 e. The molecule has 3 nitrogen and oxygen atoms in total. The molecule has 0 atom stereocenters. The van der Waals surface area contributed by atoms with Gasteiger partial charge in [0, 0.05) is 15.3 Å². The van der Waals surface area contributed by atoms with Crippen molar-refractivity contribution >= 4 is 34.1 Å². The first-order valence-electron chi connectivity index (χ1n) is 7.37. The zero-order chi connectivity index (χ0) is 18.0. The highest BCUT2D eigenvalue weighted by atomic mass is 32.2. The second kappa shape index (κ2) is 7.33. The van der Waals surface area contributed by atoms with Crippen LogP contribution in [0.15, 0.2) is 47.4 Å². The average Bonchev–Trinajstić information content (AvgIpc) is 2.97. The Morgan fingerprint density at radius 1 is 1.16 bits per heavy atom. The van der Waals surface area contributed by atoms with Crippen LogP contribution in [0.25, 0.3) is 11.3 Å². The first-order chi connectivity index (χ1) is 12.0. The topological polar surface area (TPSA) is 42.0 Å². The number of nitrogens with zero attached hydrogens (tertiary/aromatic N) is 1. The number of thioether (sulfide) groups is 1. The summed E-state index contributed by atoms with van der Waals surface area (Å²) in [6.45, 7) is 1.82. The van der Waals surface area contributed by atoms with Gasteiger partial charge in [-0.25, -0.2) is 13.8 Å². The molecule has 0 saturated heterocycles. The Morgan fingerprint density at radius 3 is 2.64 bits per heavy atom. The maximum Gasteiger partial charge on any atom is 0.258 e. The molecular formula is C18H14F2N2OS2. The molecule has 0 saturated carbocycles. The predicted octanol–water partition coefficient (Wildman–Crippen LogP) is 5.37. The summed E-state index contributed by atoms with van der Waals surface area (Å²) in [4.78, 5) is 18.5. The van der Waals surface area contributed by atoms with Gasteiger partial charge in [0.2, 0.25) is 0 Å². The number of halogens is 2. The molecule has 0 radical (unpaired) electrons. The number of thiazole rings is 1. The lowest BCUT2D eigenvalue weighted by Gasteiger charge is -2.06. The van der Waals surface area contributed by atoms with E-state index in [1.807, 2.05) is 25.3 Å². The molecule has 3 rings (SSSR count). The van der Waals surface area contributed by atoms with E-state index in [0.29, 0.717) is 22.0 Å². The summed E-state index contributed by atoms with van der Waals surface area (Å²) in [5.41, 5.74) is 1.56. The Labute approximate surface area is 152 Å². The van der Waals surface area contributed by atoms with Crippen molar-refractivity contribution in [2.45, 2.75) is 11.8 Å². The molecule has 128 valence electrons. The van der Waals surface area contributed by atoms with Crippen LogP contribution in [0, 0.1) is 18.6 Å². The van der Waals surface area contributed by atoms with Crippen LogP contribution in [0.2, 0.25) is 0 Å². The number of anilines is 1. The second-order valence-corrected chi connectivity index (χ2v) is 7.26. The van der Waals surface area contributed by atoms with Crippen molar-refractivity contribution in [3.63, 3.8) is 0 Å². The molecule has 0 aliphatic rings. The van der Waals surface area contributed by atoms with E-state index in [1.165, 1.54) is 29.2 Å². The van der Waals surface area contributed by atoms with Crippen molar-refractivity contribution in [1.29, 1.82) is 0 Å². The average molecular weight is 376 g/mol. The number of carbonyl (C=O) groups excluding carboxylic acids is 1. The van der Waals surface area contributed by atoms with Crippen LogP contribution in [0.4, 0.5) is 13.9 Å². The van der Waals surface area contributed by atoms with Crippen molar-refractivity contribution in [2.75, 3.05) is 11.6 Å². The normalized spacial score (nSPS) is 10.7. The van der Waals surface area contributed by atoms with Crippen molar-refractivity contribution in [2.24, 2.45) is 0 Å². The summed E-state index contributed by atoms with van der Waals surface area (Å²) >= 11 is 2.78. The monoisotopic (exact) mass is 376 g/mol. The minimum atomic E-state index is -0.926. The minimum Gasteiger partial charge on any atom is -0.298 e. The van der Waals surface area contributed by atoms with Gasteiger partial charge in [-0.15, -0.1) is 23.1 Å². The summed E-state index contributed by atoms with van der Waals surface area (Å²) in [5.74, 6) is -2.08. The van der Waals surface area contributed by atoms with Gasteiger partial charge >= 0.3 is 0 Å². The fourth-order valence-corrected chi connectivity index (χ4v) is 3.78. The van der Waals surface area contributed by atoms with Crippen LogP contribution in [0.3, 0.4) is 0 Å². The van der Waals surface area contributed by atoms with Gasteiger partial charge in [-0.2, -0.15) is 0 Å². The fraction of sp³-hybridized carbons (Fsp3) is 0.111. The molecule has 0 unspecified atom stereocenters. The number of aryl methyl sites for hydroxylation is 1. The van der Waals surface area contributed by atoms with Crippen LogP contribution in [0.1, 0.15) is 15.2 Å². The Hall–Kier alpha value is -2.25. The molecule has 0 fully saturated rings. The van der Waals surface area contributed by atoms with Crippen molar-refractivity contribution in [3.05, 3.63) is 64.5 Å². The molecule has 1 N–H and O–H groups in total. The molecule has 2 aromatic carbocycles. The van der Waals surface area contributed by atoms with Crippen LogP contribution in [-0.4, -0.2) is 17.1 Å². The van der Waals surface area contributed by atoms with Crippen LogP contribution in [-0.2, 0) is 0 Å². The van der Waals surface area contributed by atoms with Gasteiger partial charge < -0.3 is 0 Å². The van der Waals surface area contributed by atoms with Crippen LogP contribution < -0.4 is 5.32 Å². The van der Waals surface area contributed by atoms with Gasteiger partial charge in [0.05, 0.1) is 11.3 Å². The third-order valence-corrected chi connectivity index (χ3v) is 5.24. The number of benzene rings is 2. The number of hydrogen-bond acceptors (Lipinski definition) is 4. The van der Waals surface area contributed by atoms with E-state index < -0.39 is 11.6 Å². The van der Waals surface area contributed by atoms with Gasteiger partial charge in [0.1, 0.15) is 0 Å². The van der Waals surface area contributed by atoms with E-state index >= 15 is 0 Å². The van der Waals surface area contributed by atoms with Crippen molar-refractivity contribution in [1.82, 2.24) is 4.98 Å². The Bertz CT molecular complexity index is 941. The maximum absolute atomic E-state index is 13.4. The molecule has 3 aromatic rings. The van der Waals surface area contributed by atoms with Gasteiger partial charge in [-0.05, 0) is 43.5 Å². The van der Waals surface area contributed by atoms with Gasteiger partial charge in [-0.3, -0.25) is 10.1 Å². The van der Waals surface area contributed by atoms with Gasteiger partial charge in [-0.1, -0.05) is 12.1 Å². The SMILES string of the molecule is CSc1ccccc1C(=O)Nc1nc(-c2ccc(F)c(F)c2)c(C)s1. The van der Waals surface area contributed by atoms with Crippen LogP contribution >= 0.6 is 23.1 Å². The standard InChI is InChI=1S/C18H14F2N2OS2/c1-10-16(11-7-8-13(19)14(20)9-11)21-18(25-10)22-17(23)12-5-3-4-6-15(12)24-2/h3-9H,1-2H3,(H,21,22,23). The summed E-state index contributed by atoms with van der Waals surface area (Å²) in [5, 5.41) is 3.19. The Morgan fingerprint density at radius 2 is 1.92 bits per heavy atom. The van der Waals surface area contributed by atoms with E-state index in [0.717, 1.165) is 21.9 Å². The zero-order valence-electron chi connectivity index (χ0n) is 13.5. The Kier molecular flexibility index (Phi) is 5.15. The summed E-state index contributed by atoms with van der Waals surface area (Å²) in [6, 6.07) is 10.9. The van der Waals surface area contributed by atoms with Crippen molar-refractivity contribution < 1.29 is 13.6 Å². The molecule has 0 spiro atoms. The molecule has 25 heavy (non-hydrogen) atoms. The number of carbonyl (C=O) groups is 1. The summed E-state index contributed by atoms with van der Waals surface area (Å²) in [7, 11) is 0. The van der Waals surface area contributed by atoms with Gasteiger partial charge in [0.15, 0.2) is 16.8 Å². The van der Waals surface area contributed by atoms with Crippen LogP contribution in [0.5, 0.6) is 0 Å². The lowest BCUT2D eigenvalue weighted by molar-refractivity contribution is 0.102. The van der Waals surface area contributed by atoms with Gasteiger partial charge in [0.25, 0.3) is 5.91 Å². The molecule has 1 amide bonds. The number of nitrogens with one attached hydrogen (secondary N) is 1. The van der Waals surface area contributed by atoms with E-state index in [4.69, 9.17) is 0 Å². The fourth-order valence-electron chi connectivity index (χ4n) is 2.36. The van der Waals surface area contributed by atoms with E-state index in [2.05, 4.69) is 10.3 Å². The molecule has 0 aliphatic heterocycles. The number of rotatable bonds is 4. The summed E-state index contributed by atoms with van der Waals surface area (Å²) < 4.78 is 26.5. The molecule has 0 aliphatic carbocycles. The largest absolute Gasteiger partial charge is 0.298 e. The molecule has 7 heteroatoms. The summed E-state index contributed by atoms with van der Waals surface area (Å²) in [6.07, 6.45) is 1.90. The highest BCUT2D eigenvalue weighted by Gasteiger charge is 2.16. The molecular weight excluding hydrogens is 362 g/mol. The second-order valence-electron chi connectivity index (χ2n) is 5.21. The molecule has 0 bridgehead atoms. The predicted molar refractivity (Wildman–Crippen MR) is 98.4 cm³/mol. The lowest BCUT2D eigenvalue weighted by Crippen LogP contribution is -2.12. The van der Waals surface area contributed by atoms with E-state index in [-0.39, 0.29) is 5.91 Å². The first-order valence-corrected chi connectivity index (χ1v) is 9.41. The zero-order valence-corrected chi connectivity index (χ0v) is 15.1. The lowest BCUT2D eigenvalue weighted by atomic mass is 10.1. The Balaban J connectivity index is 1.87. The van der Waals surface area contributed by atoms with E-state index in [1.54, 1.807) is 12.1 Å². The molecule has 1 aromatic heterocycles. The highest BCUT2D eigenvalue weighted by molar-refractivity contribution is 7.98. The number of hydrogen-bond donors (Lipinski definition) is 1. The third kappa shape index (κ3) is 3.72. The van der Waals surface area contributed by atoms with E-state index in [9.17, 15) is 13.6 Å². The molecule has 1 heterocycles. The van der Waals surface area contributed by atoms with Crippen molar-refractivity contribution in [3.8, 4) is 11.3 Å². The number of amides is 1. The quantitative estimate of drug-likeness (QED) is 0.623. The number of aromatic nitrogens is 1.